The number of tetrazole rings is 1. The molecule has 0 aliphatic heterocycles. The van der Waals surface area contributed by atoms with Crippen LogP contribution in [0.4, 0.5) is 0 Å². The lowest BCUT2D eigenvalue weighted by atomic mass is 10.1. The number of aliphatic carboxylic acids is 1. The number of hydrogen-bond acceptors (Lipinski definition) is 5. The van der Waals surface area contributed by atoms with E-state index in [9.17, 15) is 4.79 Å². The van der Waals surface area contributed by atoms with Gasteiger partial charge in [-0.15, -0.1) is 5.10 Å². The molecule has 0 aliphatic rings. The SMILES string of the molecule is Cc1cc(-c2nnnn2C(C)(C)C(=O)O)co1. The monoisotopic (exact) mass is 236 g/mol. The molecule has 90 valence electrons. The molecule has 17 heavy (non-hydrogen) atoms. The number of rotatable bonds is 3. The second-order valence-electron chi connectivity index (χ2n) is 4.22. The Bertz CT molecular complexity index is 555. The summed E-state index contributed by atoms with van der Waals surface area (Å²) in [6, 6.07) is 1.75. The van der Waals surface area contributed by atoms with Gasteiger partial charge in [-0.2, -0.15) is 0 Å². The molecule has 7 heteroatoms. The van der Waals surface area contributed by atoms with E-state index >= 15 is 0 Å². The Labute approximate surface area is 97.0 Å². The van der Waals surface area contributed by atoms with Crippen LogP contribution in [0.1, 0.15) is 19.6 Å². The Morgan fingerprint density at radius 1 is 1.53 bits per heavy atom. The van der Waals surface area contributed by atoms with Crippen LogP contribution in [0.25, 0.3) is 11.4 Å². The van der Waals surface area contributed by atoms with Crippen molar-refractivity contribution in [1.29, 1.82) is 0 Å². The van der Waals surface area contributed by atoms with E-state index in [1.54, 1.807) is 13.0 Å². The summed E-state index contributed by atoms with van der Waals surface area (Å²) in [5.74, 6) is 0.0724. The first kappa shape index (κ1) is 11.3. The van der Waals surface area contributed by atoms with Crippen LogP contribution in [-0.2, 0) is 10.3 Å². The smallest absolute Gasteiger partial charge is 0.331 e. The summed E-state index contributed by atoms with van der Waals surface area (Å²) >= 11 is 0. The largest absolute Gasteiger partial charge is 0.479 e. The average Bonchev–Trinajstić information content (AvgIpc) is 2.84. The minimum Gasteiger partial charge on any atom is -0.479 e. The minimum atomic E-state index is -1.22. The Morgan fingerprint density at radius 2 is 2.24 bits per heavy atom. The quantitative estimate of drug-likeness (QED) is 0.856. The van der Waals surface area contributed by atoms with Gasteiger partial charge in [0, 0.05) is 0 Å². The molecule has 1 N–H and O–H groups in total. The summed E-state index contributed by atoms with van der Waals surface area (Å²) in [5.41, 5.74) is -0.564. The van der Waals surface area contributed by atoms with Gasteiger partial charge >= 0.3 is 5.97 Å². The van der Waals surface area contributed by atoms with Gasteiger partial charge in [0.1, 0.15) is 12.0 Å². The molecule has 0 bridgehead atoms. The number of carboxylic acids is 1. The molecule has 0 aliphatic carbocycles. The first-order valence-electron chi connectivity index (χ1n) is 5.00. The van der Waals surface area contributed by atoms with Crippen LogP contribution in [0.5, 0.6) is 0 Å². The first-order chi connectivity index (χ1) is 7.93. The summed E-state index contributed by atoms with van der Waals surface area (Å²) in [6.45, 7) is 4.85. The maximum atomic E-state index is 11.2. The lowest BCUT2D eigenvalue weighted by Gasteiger charge is -2.19. The topological polar surface area (TPSA) is 94.0 Å². The number of furan rings is 1. The molecule has 0 unspecified atom stereocenters. The average molecular weight is 236 g/mol. The molecular weight excluding hydrogens is 224 g/mol. The number of carboxylic acid groups (broad SMARTS) is 1. The third-order valence-electron chi connectivity index (χ3n) is 2.51. The van der Waals surface area contributed by atoms with Crippen molar-refractivity contribution in [2.24, 2.45) is 0 Å². The van der Waals surface area contributed by atoms with Crippen molar-refractivity contribution in [3.8, 4) is 11.4 Å². The summed E-state index contributed by atoms with van der Waals surface area (Å²) in [4.78, 5) is 11.2. The van der Waals surface area contributed by atoms with Crippen molar-refractivity contribution in [3.63, 3.8) is 0 Å². The number of nitrogens with zero attached hydrogens (tertiary/aromatic N) is 4. The highest BCUT2D eigenvalue weighted by molar-refractivity contribution is 5.76. The second kappa shape index (κ2) is 3.69. The van der Waals surface area contributed by atoms with Crippen LogP contribution >= 0.6 is 0 Å². The van der Waals surface area contributed by atoms with Crippen LogP contribution in [-0.4, -0.2) is 31.3 Å². The molecule has 0 fully saturated rings. The molecule has 0 atom stereocenters. The van der Waals surface area contributed by atoms with Gasteiger partial charge in [0.05, 0.1) is 5.56 Å². The molecule has 2 aromatic rings. The van der Waals surface area contributed by atoms with Crippen molar-refractivity contribution < 1.29 is 14.3 Å². The normalized spacial score (nSPS) is 11.7. The van der Waals surface area contributed by atoms with Gasteiger partial charge in [0.25, 0.3) is 0 Å². The van der Waals surface area contributed by atoms with Gasteiger partial charge in [0.2, 0.25) is 0 Å². The zero-order valence-electron chi connectivity index (χ0n) is 9.71. The summed E-state index contributed by atoms with van der Waals surface area (Å²) in [5, 5.41) is 20.2. The molecule has 0 saturated heterocycles. The Morgan fingerprint density at radius 3 is 2.76 bits per heavy atom. The highest BCUT2D eigenvalue weighted by Gasteiger charge is 2.34. The molecule has 7 nitrogen and oxygen atoms in total. The van der Waals surface area contributed by atoms with Gasteiger partial charge < -0.3 is 9.52 Å². The predicted octanol–water partition coefficient (Wildman–Crippen LogP) is 1.06. The molecule has 0 aromatic carbocycles. The van der Waals surface area contributed by atoms with E-state index in [1.807, 2.05) is 0 Å². The fourth-order valence-corrected chi connectivity index (χ4v) is 1.39. The molecular formula is C10H12N4O3. The lowest BCUT2D eigenvalue weighted by molar-refractivity contribution is -0.146. The third kappa shape index (κ3) is 1.79. The lowest BCUT2D eigenvalue weighted by Crippen LogP contribution is -2.37. The van der Waals surface area contributed by atoms with Crippen LogP contribution in [0.15, 0.2) is 16.7 Å². The Kier molecular flexibility index (Phi) is 2.45. The highest BCUT2D eigenvalue weighted by Crippen LogP contribution is 2.24. The summed E-state index contributed by atoms with van der Waals surface area (Å²) in [7, 11) is 0. The maximum Gasteiger partial charge on any atom is 0.331 e. The second-order valence-corrected chi connectivity index (χ2v) is 4.22. The highest BCUT2D eigenvalue weighted by atomic mass is 16.4. The van der Waals surface area contributed by atoms with E-state index in [0.29, 0.717) is 17.1 Å². The van der Waals surface area contributed by atoms with Crippen molar-refractivity contribution in [2.75, 3.05) is 0 Å². The third-order valence-corrected chi connectivity index (χ3v) is 2.51. The van der Waals surface area contributed by atoms with E-state index in [1.165, 1.54) is 24.8 Å². The van der Waals surface area contributed by atoms with E-state index in [4.69, 9.17) is 9.52 Å². The molecule has 2 heterocycles. The fourth-order valence-electron chi connectivity index (χ4n) is 1.39. The molecule has 0 spiro atoms. The van der Waals surface area contributed by atoms with Crippen molar-refractivity contribution in [1.82, 2.24) is 20.2 Å². The van der Waals surface area contributed by atoms with Crippen molar-refractivity contribution >= 4 is 5.97 Å². The zero-order valence-corrected chi connectivity index (χ0v) is 9.71. The summed E-state index contributed by atoms with van der Waals surface area (Å²) < 4.78 is 6.42. The fraction of sp³-hybridized carbons (Fsp3) is 0.400. The van der Waals surface area contributed by atoms with Crippen LogP contribution in [0.2, 0.25) is 0 Å². The maximum absolute atomic E-state index is 11.2. The van der Waals surface area contributed by atoms with E-state index in [-0.39, 0.29) is 0 Å². The number of aryl methyl sites for hydroxylation is 1. The van der Waals surface area contributed by atoms with Crippen LogP contribution in [0.3, 0.4) is 0 Å². The van der Waals surface area contributed by atoms with Gasteiger partial charge in [-0.1, -0.05) is 0 Å². The molecule has 0 saturated carbocycles. The summed E-state index contributed by atoms with van der Waals surface area (Å²) in [6.07, 6.45) is 1.50. The standard InChI is InChI=1S/C10H12N4O3/c1-6-4-7(5-17-6)8-11-12-13-14(8)10(2,3)9(15)16/h4-5H,1-3H3,(H,15,16). The van der Waals surface area contributed by atoms with Crippen molar-refractivity contribution in [3.05, 3.63) is 18.1 Å². The number of carbonyl (C=O) groups is 1. The Balaban J connectivity index is 2.52. The van der Waals surface area contributed by atoms with E-state index < -0.39 is 11.5 Å². The van der Waals surface area contributed by atoms with Gasteiger partial charge in [0.15, 0.2) is 11.4 Å². The van der Waals surface area contributed by atoms with Gasteiger partial charge in [-0.3, -0.25) is 0 Å². The van der Waals surface area contributed by atoms with Gasteiger partial charge in [-0.25, -0.2) is 9.48 Å². The number of hydrogen-bond donors (Lipinski definition) is 1. The van der Waals surface area contributed by atoms with Crippen LogP contribution in [0, 0.1) is 6.92 Å². The Hall–Kier alpha value is -2.18. The zero-order chi connectivity index (χ0) is 12.6. The molecule has 0 amide bonds. The number of aromatic nitrogens is 4. The molecule has 2 rings (SSSR count). The van der Waals surface area contributed by atoms with E-state index in [0.717, 1.165) is 0 Å². The predicted molar refractivity (Wildman–Crippen MR) is 57.2 cm³/mol. The van der Waals surface area contributed by atoms with E-state index in [2.05, 4.69) is 15.5 Å². The first-order valence-corrected chi connectivity index (χ1v) is 5.00. The van der Waals surface area contributed by atoms with Gasteiger partial charge in [-0.05, 0) is 37.3 Å². The molecule has 0 radical (unpaired) electrons. The van der Waals surface area contributed by atoms with Crippen LogP contribution < -0.4 is 0 Å². The minimum absolute atomic E-state index is 0.370. The molecule has 2 aromatic heterocycles. The van der Waals surface area contributed by atoms with Crippen molar-refractivity contribution in [2.45, 2.75) is 26.3 Å².